The zero-order valence-corrected chi connectivity index (χ0v) is 16.9. The van der Waals surface area contributed by atoms with Crippen LogP contribution in [0.1, 0.15) is 37.8 Å². The number of alkyl halides is 2. The first-order valence-electron chi connectivity index (χ1n) is 9.65. The van der Waals surface area contributed by atoms with Crippen LogP contribution in [0.25, 0.3) is 0 Å². The van der Waals surface area contributed by atoms with Gasteiger partial charge in [-0.05, 0) is 36.6 Å². The molecule has 0 fully saturated rings. The molecule has 1 aliphatic rings. The summed E-state index contributed by atoms with van der Waals surface area (Å²) < 4.78 is 54.2. The van der Waals surface area contributed by atoms with Crippen molar-refractivity contribution in [2.45, 2.75) is 39.7 Å². The van der Waals surface area contributed by atoms with Gasteiger partial charge in [0.15, 0.2) is 0 Å². The Morgan fingerprint density at radius 1 is 1.10 bits per heavy atom. The summed E-state index contributed by atoms with van der Waals surface area (Å²) in [5.41, 5.74) is 2.10. The van der Waals surface area contributed by atoms with E-state index in [1.54, 1.807) is 29.2 Å². The molecule has 0 saturated carbocycles. The molecule has 2 aromatic carbocycles. The third kappa shape index (κ3) is 5.14. The first kappa shape index (κ1) is 21.7. The van der Waals surface area contributed by atoms with Gasteiger partial charge >= 0.3 is 0 Å². The van der Waals surface area contributed by atoms with Crippen molar-refractivity contribution in [1.29, 1.82) is 0 Å². The van der Waals surface area contributed by atoms with Crippen molar-refractivity contribution in [1.82, 2.24) is 0 Å². The van der Waals surface area contributed by atoms with Crippen LogP contribution in [0.4, 0.5) is 23.2 Å². The van der Waals surface area contributed by atoms with E-state index < -0.39 is 12.2 Å². The van der Waals surface area contributed by atoms with Crippen LogP contribution in [0.5, 0.6) is 0 Å². The van der Waals surface area contributed by atoms with Gasteiger partial charge in [-0.25, -0.2) is 17.6 Å². The quantitative estimate of drug-likeness (QED) is 0.460. The average molecular weight is 417 g/mol. The predicted molar refractivity (Wildman–Crippen MR) is 112 cm³/mol. The maximum absolute atomic E-state index is 14.9. The van der Waals surface area contributed by atoms with Crippen LogP contribution >= 0.6 is 0 Å². The Bertz CT molecular complexity index is 996. The van der Waals surface area contributed by atoms with Crippen LogP contribution < -0.4 is 4.90 Å². The SMILES string of the molecule is C=C(CC(C)C)N(Cc1ccc(C2=NN=C(C(F)F)C2)cc1F)c1cccc(F)c1. The molecule has 3 nitrogen and oxygen atoms in total. The molecule has 7 heteroatoms. The lowest BCUT2D eigenvalue weighted by molar-refractivity contribution is 0.224. The Hall–Kier alpha value is -2.96. The number of anilines is 1. The molecule has 2 aromatic rings. The Morgan fingerprint density at radius 3 is 2.47 bits per heavy atom. The van der Waals surface area contributed by atoms with Crippen molar-refractivity contribution < 1.29 is 17.6 Å². The van der Waals surface area contributed by atoms with Gasteiger partial charge in [0, 0.05) is 28.9 Å². The van der Waals surface area contributed by atoms with Gasteiger partial charge in [-0.15, -0.1) is 0 Å². The minimum atomic E-state index is -2.68. The molecular formula is C23H23F4N3. The number of hydrogen-bond acceptors (Lipinski definition) is 3. The highest BCUT2D eigenvalue weighted by Gasteiger charge is 2.23. The van der Waals surface area contributed by atoms with Crippen molar-refractivity contribution in [2.24, 2.45) is 16.1 Å². The molecule has 1 aliphatic heterocycles. The van der Waals surface area contributed by atoms with Gasteiger partial charge in [-0.1, -0.05) is 38.6 Å². The second-order valence-corrected chi connectivity index (χ2v) is 7.65. The number of allylic oxidation sites excluding steroid dienone is 1. The Labute approximate surface area is 173 Å². The highest BCUT2D eigenvalue weighted by molar-refractivity contribution is 6.15. The zero-order valence-electron chi connectivity index (χ0n) is 16.9. The van der Waals surface area contributed by atoms with Gasteiger partial charge in [-0.3, -0.25) is 0 Å². The number of hydrogen-bond donors (Lipinski definition) is 0. The summed E-state index contributed by atoms with van der Waals surface area (Å²) in [5.74, 6) is -0.565. The third-order valence-electron chi connectivity index (χ3n) is 4.76. The molecule has 0 saturated heterocycles. The molecule has 0 aliphatic carbocycles. The average Bonchev–Trinajstić information content (AvgIpc) is 3.17. The van der Waals surface area contributed by atoms with Crippen molar-refractivity contribution in [3.05, 3.63) is 77.5 Å². The van der Waals surface area contributed by atoms with E-state index in [2.05, 4.69) is 16.8 Å². The maximum atomic E-state index is 14.9. The molecule has 30 heavy (non-hydrogen) atoms. The fourth-order valence-electron chi connectivity index (χ4n) is 3.28. The van der Waals surface area contributed by atoms with Gasteiger partial charge in [0.05, 0.1) is 12.3 Å². The summed E-state index contributed by atoms with van der Waals surface area (Å²) in [6, 6.07) is 10.6. The fourth-order valence-corrected chi connectivity index (χ4v) is 3.28. The minimum absolute atomic E-state index is 0.100. The van der Waals surface area contributed by atoms with Crippen LogP contribution in [0.2, 0.25) is 0 Å². The Kier molecular flexibility index (Phi) is 6.70. The molecule has 0 spiro atoms. The third-order valence-corrected chi connectivity index (χ3v) is 4.76. The number of nitrogens with zero attached hydrogens (tertiary/aromatic N) is 3. The molecule has 0 atom stereocenters. The van der Waals surface area contributed by atoms with Crippen molar-refractivity contribution in [3.8, 4) is 0 Å². The second-order valence-electron chi connectivity index (χ2n) is 7.65. The number of benzene rings is 2. The molecule has 0 bridgehead atoms. The van der Waals surface area contributed by atoms with Crippen LogP contribution in [0.3, 0.4) is 0 Å². The molecule has 3 rings (SSSR count). The summed E-state index contributed by atoms with van der Waals surface area (Å²) in [4.78, 5) is 1.78. The molecule has 0 unspecified atom stereocenters. The summed E-state index contributed by atoms with van der Waals surface area (Å²) >= 11 is 0. The van der Waals surface area contributed by atoms with E-state index >= 15 is 0 Å². The van der Waals surface area contributed by atoms with Crippen LogP contribution in [-0.2, 0) is 6.54 Å². The molecule has 0 amide bonds. The lowest BCUT2D eigenvalue weighted by atomic mass is 10.0. The van der Waals surface area contributed by atoms with E-state index in [1.807, 2.05) is 13.8 Å². The van der Waals surface area contributed by atoms with Crippen LogP contribution in [-0.4, -0.2) is 17.8 Å². The maximum Gasteiger partial charge on any atom is 0.278 e. The van der Waals surface area contributed by atoms with E-state index in [0.29, 0.717) is 34.9 Å². The minimum Gasteiger partial charge on any atom is -0.341 e. The van der Waals surface area contributed by atoms with E-state index in [-0.39, 0.29) is 24.5 Å². The number of halogens is 4. The van der Waals surface area contributed by atoms with Gasteiger partial charge in [0.2, 0.25) is 0 Å². The Morgan fingerprint density at radius 2 is 1.87 bits per heavy atom. The standard InChI is InChI=1S/C23H23F4N3/c1-14(2)9-15(3)30(19-6-4-5-18(24)11-19)13-17-8-7-16(10-20(17)25)21-12-22(23(26)27)29-28-21/h4-8,10-11,14,23H,3,9,12-13H2,1-2H3. The fraction of sp³-hybridized carbons (Fsp3) is 0.304. The monoisotopic (exact) mass is 417 g/mol. The lowest BCUT2D eigenvalue weighted by Crippen LogP contribution is -2.23. The molecule has 0 radical (unpaired) electrons. The lowest BCUT2D eigenvalue weighted by Gasteiger charge is -2.28. The second kappa shape index (κ2) is 9.24. The normalized spacial score (nSPS) is 13.6. The van der Waals surface area contributed by atoms with E-state index in [0.717, 1.165) is 5.70 Å². The first-order valence-corrected chi connectivity index (χ1v) is 9.65. The van der Waals surface area contributed by atoms with Crippen molar-refractivity contribution in [3.63, 3.8) is 0 Å². The molecule has 0 aromatic heterocycles. The number of rotatable bonds is 8. The van der Waals surface area contributed by atoms with Gasteiger partial charge in [0.1, 0.15) is 17.3 Å². The largest absolute Gasteiger partial charge is 0.341 e. The zero-order chi connectivity index (χ0) is 21.8. The molecule has 158 valence electrons. The summed E-state index contributed by atoms with van der Waals surface area (Å²) in [7, 11) is 0. The van der Waals surface area contributed by atoms with Gasteiger partial charge in [0.25, 0.3) is 6.43 Å². The first-order chi connectivity index (χ1) is 14.2. The molecular weight excluding hydrogens is 394 g/mol. The summed E-state index contributed by atoms with van der Waals surface area (Å²) in [6.07, 6.45) is -2.11. The highest BCUT2D eigenvalue weighted by atomic mass is 19.3. The van der Waals surface area contributed by atoms with E-state index in [9.17, 15) is 17.6 Å². The molecule has 1 heterocycles. The summed E-state index contributed by atoms with van der Waals surface area (Å²) in [5, 5.41) is 7.22. The molecule has 0 N–H and O–H groups in total. The van der Waals surface area contributed by atoms with Crippen LogP contribution in [0.15, 0.2) is 64.9 Å². The summed E-state index contributed by atoms with van der Waals surface area (Å²) in [6.45, 7) is 8.36. The van der Waals surface area contributed by atoms with Gasteiger partial charge < -0.3 is 4.90 Å². The van der Waals surface area contributed by atoms with Gasteiger partial charge in [-0.2, -0.15) is 10.2 Å². The van der Waals surface area contributed by atoms with Crippen LogP contribution in [0, 0.1) is 17.6 Å². The predicted octanol–water partition coefficient (Wildman–Crippen LogP) is 6.35. The van der Waals surface area contributed by atoms with Crippen molar-refractivity contribution >= 4 is 17.1 Å². The van der Waals surface area contributed by atoms with E-state index in [4.69, 9.17) is 0 Å². The topological polar surface area (TPSA) is 28.0 Å². The van der Waals surface area contributed by atoms with E-state index in [1.165, 1.54) is 18.2 Å². The smallest absolute Gasteiger partial charge is 0.278 e. The van der Waals surface area contributed by atoms with Crippen molar-refractivity contribution in [2.75, 3.05) is 4.90 Å². The highest BCUT2D eigenvalue weighted by Crippen LogP contribution is 2.27. The Balaban J connectivity index is 1.83.